The number of rotatable bonds is 4. The van der Waals surface area contributed by atoms with Crippen molar-refractivity contribution in [2.24, 2.45) is 0 Å². The molecule has 0 atom stereocenters. The number of ether oxygens (including phenoxy) is 2. The van der Waals surface area contributed by atoms with Gasteiger partial charge in [0.15, 0.2) is 0 Å². The average Bonchev–Trinajstić information content (AvgIpc) is 3.90. The molecule has 6 heterocycles. The Labute approximate surface area is 315 Å². The molecule has 0 spiro atoms. The lowest BCUT2D eigenvalue weighted by atomic mass is 10.1. The Morgan fingerprint density at radius 2 is 0.865 bits per heavy atom. The van der Waals surface area contributed by atoms with Gasteiger partial charge in [0.1, 0.15) is 11.2 Å². The lowest BCUT2D eigenvalue weighted by Crippen LogP contribution is -2.40. The quantitative estimate of drug-likeness (QED) is 0.177. The Kier molecular flexibility index (Phi) is 8.14. The van der Waals surface area contributed by atoms with Crippen LogP contribution < -0.4 is 0 Å². The first-order chi connectivity index (χ1) is 24.7. The minimum atomic E-state index is -0.931. The highest BCUT2D eigenvalue weighted by Gasteiger charge is 2.54. The van der Waals surface area contributed by atoms with Gasteiger partial charge in [-0.1, -0.05) is 36.4 Å². The topological polar surface area (TPSA) is 93.2 Å². The Bertz CT molecular complexity index is 2310. The third kappa shape index (κ3) is 5.99. The number of thiophene rings is 4. The molecule has 0 saturated carbocycles. The van der Waals surface area contributed by atoms with E-state index < -0.39 is 35.2 Å². The molecule has 4 amide bonds. The predicted octanol–water partition coefficient (Wildman–Crippen LogP) is 11.2. The van der Waals surface area contributed by atoms with E-state index in [0.29, 0.717) is 9.75 Å². The van der Waals surface area contributed by atoms with Gasteiger partial charge in [-0.05, 0) is 101 Å². The summed E-state index contributed by atoms with van der Waals surface area (Å²) in [6.45, 7) is 10.3. The van der Waals surface area contributed by atoms with E-state index in [1.165, 1.54) is 22.7 Å². The van der Waals surface area contributed by atoms with Crippen LogP contribution in [0.1, 0.15) is 51.3 Å². The Hall–Kier alpha value is -4.88. The Morgan fingerprint density at radius 3 is 1.23 bits per heavy atom. The fraction of sp³-hybridized carbons (Fsp3) is 0.200. The number of benzene rings is 2. The van der Waals surface area contributed by atoms with Crippen molar-refractivity contribution in [3.63, 3.8) is 0 Å². The number of amides is 4. The van der Waals surface area contributed by atoms with Gasteiger partial charge in [-0.3, -0.25) is 9.59 Å². The molecule has 0 bridgehead atoms. The third-order valence-electron chi connectivity index (χ3n) is 8.17. The summed E-state index contributed by atoms with van der Waals surface area (Å²) >= 11 is 5.97. The molecule has 52 heavy (non-hydrogen) atoms. The van der Waals surface area contributed by atoms with E-state index >= 15 is 0 Å². The number of imide groups is 2. The van der Waals surface area contributed by atoms with E-state index in [2.05, 4.69) is 24.3 Å². The van der Waals surface area contributed by atoms with E-state index in [0.717, 1.165) is 49.5 Å². The molecule has 0 aliphatic carbocycles. The van der Waals surface area contributed by atoms with Crippen LogP contribution in [0, 0.1) is 0 Å². The summed E-state index contributed by atoms with van der Waals surface area (Å²) in [5.74, 6) is -1.50. The molecule has 2 aliphatic heterocycles. The van der Waals surface area contributed by atoms with Crippen LogP contribution in [-0.4, -0.2) is 45.0 Å². The van der Waals surface area contributed by atoms with Crippen molar-refractivity contribution >= 4 is 101 Å². The van der Waals surface area contributed by atoms with Crippen LogP contribution in [0.25, 0.3) is 51.1 Å². The molecule has 0 fully saturated rings. The SMILES string of the molecule is CC(C)(C)OC(=O)N1C(=O)C2=C(c3ccc(-c4cc5ccccc5s4)s3)N(C(=O)OC(C)(C)C)C(=O)C2=C1c1ccc(-c2cc3ccccc3s2)s1. The lowest BCUT2D eigenvalue weighted by molar-refractivity contribution is -0.123. The van der Waals surface area contributed by atoms with Crippen molar-refractivity contribution < 1.29 is 28.7 Å². The molecule has 0 saturated heterocycles. The van der Waals surface area contributed by atoms with Gasteiger partial charge < -0.3 is 9.47 Å². The summed E-state index contributed by atoms with van der Waals surface area (Å²) in [7, 11) is 0. The van der Waals surface area contributed by atoms with E-state index in [1.807, 2.05) is 48.5 Å². The van der Waals surface area contributed by atoms with Crippen molar-refractivity contribution in [3.05, 3.63) is 106 Å². The number of fused-ring (bicyclic) bond motifs is 3. The number of carbonyl (C=O) groups is 4. The largest absolute Gasteiger partial charge is 0.443 e. The van der Waals surface area contributed by atoms with Gasteiger partial charge in [0.25, 0.3) is 11.8 Å². The van der Waals surface area contributed by atoms with Crippen molar-refractivity contribution in [2.75, 3.05) is 0 Å². The fourth-order valence-corrected chi connectivity index (χ4v) is 10.5. The van der Waals surface area contributed by atoms with E-state index in [4.69, 9.17) is 9.47 Å². The molecule has 0 unspecified atom stereocenters. The molecule has 2 aliphatic rings. The van der Waals surface area contributed by atoms with Crippen molar-refractivity contribution in [2.45, 2.75) is 52.7 Å². The first kappa shape index (κ1) is 34.2. The minimum absolute atomic E-state index is 0.0433. The number of hydrogen-bond acceptors (Lipinski definition) is 10. The molecule has 8 nitrogen and oxygen atoms in total. The van der Waals surface area contributed by atoms with Gasteiger partial charge >= 0.3 is 12.2 Å². The van der Waals surface area contributed by atoms with Crippen LogP contribution in [0.15, 0.2) is 96.1 Å². The minimum Gasteiger partial charge on any atom is -0.443 e. The zero-order valence-electron chi connectivity index (χ0n) is 29.1. The van der Waals surface area contributed by atoms with Gasteiger partial charge in [0, 0.05) is 28.9 Å². The van der Waals surface area contributed by atoms with Crippen molar-refractivity contribution in [1.29, 1.82) is 0 Å². The second-order valence-electron chi connectivity index (χ2n) is 14.3. The van der Waals surface area contributed by atoms with Crippen LogP contribution in [0.4, 0.5) is 9.59 Å². The number of hydrogen-bond donors (Lipinski definition) is 0. The second-order valence-corrected chi connectivity index (χ2v) is 18.6. The van der Waals surface area contributed by atoms with Gasteiger partial charge in [-0.25, -0.2) is 19.4 Å². The molecule has 0 N–H and O–H groups in total. The number of nitrogens with zero attached hydrogens (tertiary/aromatic N) is 2. The number of carbonyl (C=O) groups excluding carboxylic acids is 4. The first-order valence-corrected chi connectivity index (χ1v) is 19.8. The fourth-order valence-electron chi connectivity index (χ4n) is 6.14. The van der Waals surface area contributed by atoms with Crippen LogP contribution >= 0.6 is 45.3 Å². The van der Waals surface area contributed by atoms with Gasteiger partial charge in [-0.2, -0.15) is 0 Å². The molecular formula is C40H32N2O6S4. The van der Waals surface area contributed by atoms with Crippen LogP contribution in [0.2, 0.25) is 0 Å². The average molecular weight is 765 g/mol. The first-order valence-electron chi connectivity index (χ1n) is 16.5. The molecule has 2 aromatic carbocycles. The molecule has 0 radical (unpaired) electrons. The monoisotopic (exact) mass is 764 g/mol. The zero-order valence-corrected chi connectivity index (χ0v) is 32.3. The highest BCUT2D eigenvalue weighted by Crippen LogP contribution is 2.51. The molecule has 4 aromatic heterocycles. The highest BCUT2D eigenvalue weighted by atomic mass is 32.1. The maximum atomic E-state index is 14.7. The molecular weight excluding hydrogens is 733 g/mol. The predicted molar refractivity (Wildman–Crippen MR) is 210 cm³/mol. The highest BCUT2D eigenvalue weighted by molar-refractivity contribution is 7.27. The molecule has 6 aromatic rings. The Balaban J connectivity index is 1.32. The summed E-state index contributed by atoms with van der Waals surface area (Å²) in [6, 6.07) is 27.8. The lowest BCUT2D eigenvalue weighted by Gasteiger charge is -2.27. The van der Waals surface area contributed by atoms with Gasteiger partial charge in [0.2, 0.25) is 0 Å². The molecule has 12 heteroatoms. The van der Waals surface area contributed by atoms with Crippen LogP contribution in [0.5, 0.6) is 0 Å². The summed E-state index contributed by atoms with van der Waals surface area (Å²) in [6.07, 6.45) is -1.82. The van der Waals surface area contributed by atoms with Crippen LogP contribution in [-0.2, 0) is 19.1 Å². The summed E-state index contributed by atoms with van der Waals surface area (Å²) < 4.78 is 13.8. The van der Waals surface area contributed by atoms with Crippen molar-refractivity contribution in [3.8, 4) is 19.5 Å². The van der Waals surface area contributed by atoms with Gasteiger partial charge in [0.05, 0.1) is 32.3 Å². The Morgan fingerprint density at radius 1 is 0.500 bits per heavy atom. The molecule has 262 valence electrons. The van der Waals surface area contributed by atoms with Gasteiger partial charge in [-0.15, -0.1) is 45.3 Å². The summed E-state index contributed by atoms with van der Waals surface area (Å²) in [5, 5.41) is 2.21. The van der Waals surface area contributed by atoms with Crippen molar-refractivity contribution in [1.82, 2.24) is 9.80 Å². The van der Waals surface area contributed by atoms with E-state index in [-0.39, 0.29) is 22.5 Å². The van der Waals surface area contributed by atoms with E-state index in [1.54, 1.807) is 76.3 Å². The normalized spacial score (nSPS) is 15.1. The van der Waals surface area contributed by atoms with E-state index in [9.17, 15) is 19.2 Å². The third-order valence-corrected chi connectivity index (χ3v) is 13.0. The van der Waals surface area contributed by atoms with Crippen LogP contribution in [0.3, 0.4) is 0 Å². The standard InChI is InChI=1S/C40H32N2O6S4/c1-39(2,3)47-37(45)41-33(27-17-15-25(51-27)29-19-21-11-7-9-13-23(21)49-29)31-32(35(41)43)34(42(36(31)44)38(46)48-40(4,5)6)28-18-16-26(52-28)30-20-22-12-8-10-14-24(22)50-30/h7-20H,1-6H3. The summed E-state index contributed by atoms with van der Waals surface area (Å²) in [4.78, 5) is 63.9. The second kappa shape index (κ2) is 12.4. The zero-order chi connectivity index (χ0) is 36.7. The smallest absolute Gasteiger partial charge is 0.422 e. The maximum absolute atomic E-state index is 14.7. The summed E-state index contributed by atoms with van der Waals surface area (Å²) in [5.41, 5.74) is -1.78. The molecule has 8 rings (SSSR count). The maximum Gasteiger partial charge on any atom is 0.422 e.